The lowest BCUT2D eigenvalue weighted by atomic mass is 9.98. The number of aliphatic imine (C=N–C) groups is 1. The van der Waals surface area contributed by atoms with Gasteiger partial charge in [-0.25, -0.2) is 0 Å². The Morgan fingerprint density at radius 3 is 2.96 bits per heavy atom. The maximum Gasteiger partial charge on any atom is 0.191 e. The molecule has 0 aliphatic carbocycles. The highest BCUT2D eigenvalue weighted by atomic mass is 16.5. The standard InChI is InChI=1S/C20H34N4O/c1-5-24-11-7-9-18(15-24)14-23-20(21-4)22-13-17(3)25-19-10-6-8-16(2)12-19/h6,8,10,12,17-18H,5,7,9,11,13-15H2,1-4H3,(H2,21,22,23). The number of piperidine rings is 1. The monoisotopic (exact) mass is 346 g/mol. The molecule has 0 bridgehead atoms. The fourth-order valence-corrected chi connectivity index (χ4v) is 3.27. The quantitative estimate of drug-likeness (QED) is 0.589. The van der Waals surface area contributed by atoms with Gasteiger partial charge >= 0.3 is 0 Å². The minimum absolute atomic E-state index is 0.0746. The first-order chi connectivity index (χ1) is 12.1. The largest absolute Gasteiger partial charge is 0.489 e. The third-order valence-corrected chi connectivity index (χ3v) is 4.72. The Hall–Kier alpha value is -1.75. The zero-order valence-corrected chi connectivity index (χ0v) is 16.2. The van der Waals surface area contributed by atoms with E-state index in [9.17, 15) is 0 Å². The number of guanidine groups is 1. The average molecular weight is 347 g/mol. The van der Waals surface area contributed by atoms with Crippen molar-refractivity contribution in [2.75, 3.05) is 39.8 Å². The molecule has 0 radical (unpaired) electrons. The van der Waals surface area contributed by atoms with Gasteiger partial charge in [0.25, 0.3) is 0 Å². The van der Waals surface area contributed by atoms with Crippen LogP contribution in [-0.4, -0.2) is 56.7 Å². The highest BCUT2D eigenvalue weighted by Gasteiger charge is 2.18. The second kappa shape index (κ2) is 10.3. The first-order valence-electron chi connectivity index (χ1n) is 9.51. The molecule has 5 nitrogen and oxygen atoms in total. The summed E-state index contributed by atoms with van der Waals surface area (Å²) in [6, 6.07) is 8.16. The summed E-state index contributed by atoms with van der Waals surface area (Å²) in [6.07, 6.45) is 2.67. The SMILES string of the molecule is CCN1CCCC(CNC(=NC)NCC(C)Oc2cccc(C)c2)C1. The molecule has 25 heavy (non-hydrogen) atoms. The number of ether oxygens (including phenoxy) is 1. The van der Waals surface area contributed by atoms with Gasteiger partial charge in [0.1, 0.15) is 11.9 Å². The lowest BCUT2D eigenvalue weighted by Gasteiger charge is -2.32. The van der Waals surface area contributed by atoms with Gasteiger partial charge in [0.05, 0.1) is 6.54 Å². The van der Waals surface area contributed by atoms with Gasteiger partial charge in [0, 0.05) is 20.1 Å². The number of hydrogen-bond acceptors (Lipinski definition) is 3. The summed E-state index contributed by atoms with van der Waals surface area (Å²) in [5, 5.41) is 6.84. The Kier molecular flexibility index (Phi) is 8.06. The van der Waals surface area contributed by atoms with Crippen molar-refractivity contribution < 1.29 is 4.74 Å². The minimum atomic E-state index is 0.0746. The summed E-state index contributed by atoms with van der Waals surface area (Å²) in [5.41, 5.74) is 1.21. The van der Waals surface area contributed by atoms with E-state index in [0.717, 1.165) is 31.3 Å². The van der Waals surface area contributed by atoms with Crippen LogP contribution >= 0.6 is 0 Å². The van der Waals surface area contributed by atoms with Gasteiger partial charge in [-0.15, -0.1) is 0 Å². The number of hydrogen-bond donors (Lipinski definition) is 2. The molecule has 1 aliphatic heterocycles. The third-order valence-electron chi connectivity index (χ3n) is 4.72. The van der Waals surface area contributed by atoms with Crippen LogP contribution in [0.4, 0.5) is 0 Å². The number of likely N-dealkylation sites (tertiary alicyclic amines) is 1. The molecule has 2 rings (SSSR count). The maximum absolute atomic E-state index is 5.96. The smallest absolute Gasteiger partial charge is 0.191 e. The first-order valence-corrected chi connectivity index (χ1v) is 9.51. The molecule has 0 saturated carbocycles. The van der Waals surface area contributed by atoms with Crippen LogP contribution in [0.5, 0.6) is 5.75 Å². The van der Waals surface area contributed by atoms with Gasteiger partial charge in [-0.3, -0.25) is 4.99 Å². The topological polar surface area (TPSA) is 48.9 Å². The van der Waals surface area contributed by atoms with Gasteiger partial charge in [-0.1, -0.05) is 19.1 Å². The molecule has 2 unspecified atom stereocenters. The molecule has 5 heteroatoms. The third kappa shape index (κ3) is 6.94. The summed E-state index contributed by atoms with van der Waals surface area (Å²) < 4.78 is 5.96. The van der Waals surface area contributed by atoms with Gasteiger partial charge < -0.3 is 20.3 Å². The number of aryl methyl sites for hydroxylation is 1. The fraction of sp³-hybridized carbons (Fsp3) is 0.650. The van der Waals surface area contributed by atoms with E-state index in [1.54, 1.807) is 0 Å². The van der Waals surface area contributed by atoms with E-state index in [-0.39, 0.29) is 6.10 Å². The molecular weight excluding hydrogens is 312 g/mol. The van der Waals surface area contributed by atoms with E-state index in [0.29, 0.717) is 5.92 Å². The molecule has 1 heterocycles. The summed E-state index contributed by atoms with van der Waals surface area (Å²) in [6.45, 7) is 11.7. The van der Waals surface area contributed by atoms with Crippen LogP contribution in [0.1, 0.15) is 32.3 Å². The zero-order chi connectivity index (χ0) is 18.1. The molecule has 1 aromatic carbocycles. The minimum Gasteiger partial charge on any atom is -0.489 e. The average Bonchev–Trinajstić information content (AvgIpc) is 2.62. The van der Waals surface area contributed by atoms with Crippen molar-refractivity contribution in [2.24, 2.45) is 10.9 Å². The van der Waals surface area contributed by atoms with Crippen molar-refractivity contribution in [3.8, 4) is 5.75 Å². The Balaban J connectivity index is 1.70. The summed E-state index contributed by atoms with van der Waals surface area (Å²) in [4.78, 5) is 6.86. The van der Waals surface area contributed by atoms with Crippen LogP contribution < -0.4 is 15.4 Å². The molecule has 140 valence electrons. The van der Waals surface area contributed by atoms with E-state index < -0.39 is 0 Å². The van der Waals surface area contributed by atoms with E-state index in [1.807, 2.05) is 19.2 Å². The Morgan fingerprint density at radius 2 is 2.24 bits per heavy atom. The van der Waals surface area contributed by atoms with Crippen molar-refractivity contribution in [3.05, 3.63) is 29.8 Å². The fourth-order valence-electron chi connectivity index (χ4n) is 3.27. The Bertz CT molecular complexity index is 546. The zero-order valence-electron chi connectivity index (χ0n) is 16.2. The van der Waals surface area contributed by atoms with Crippen LogP contribution in [0.25, 0.3) is 0 Å². The van der Waals surface area contributed by atoms with Crippen LogP contribution in [-0.2, 0) is 0 Å². The lowest BCUT2D eigenvalue weighted by Crippen LogP contribution is -2.46. The molecule has 0 aromatic heterocycles. The second-order valence-corrected chi connectivity index (χ2v) is 6.98. The van der Waals surface area contributed by atoms with Crippen molar-refractivity contribution in [3.63, 3.8) is 0 Å². The van der Waals surface area contributed by atoms with Crippen molar-refractivity contribution in [2.45, 2.75) is 39.7 Å². The van der Waals surface area contributed by atoms with E-state index in [1.165, 1.54) is 31.5 Å². The molecule has 1 fully saturated rings. The van der Waals surface area contributed by atoms with Crippen LogP contribution in [0.3, 0.4) is 0 Å². The van der Waals surface area contributed by atoms with Gasteiger partial charge in [-0.2, -0.15) is 0 Å². The van der Waals surface area contributed by atoms with Crippen molar-refractivity contribution in [1.29, 1.82) is 0 Å². The highest BCUT2D eigenvalue weighted by molar-refractivity contribution is 5.79. The van der Waals surface area contributed by atoms with Crippen LogP contribution in [0, 0.1) is 12.8 Å². The summed E-state index contributed by atoms with van der Waals surface area (Å²) >= 11 is 0. The molecule has 2 N–H and O–H groups in total. The van der Waals surface area contributed by atoms with E-state index >= 15 is 0 Å². The highest BCUT2D eigenvalue weighted by Crippen LogP contribution is 2.15. The summed E-state index contributed by atoms with van der Waals surface area (Å²) in [5.74, 6) is 2.47. The normalized spacial score (nSPS) is 20.2. The molecule has 1 aromatic rings. The van der Waals surface area contributed by atoms with E-state index in [2.05, 4.69) is 53.4 Å². The predicted octanol–water partition coefficient (Wildman–Crippen LogP) is 2.66. The van der Waals surface area contributed by atoms with Crippen molar-refractivity contribution in [1.82, 2.24) is 15.5 Å². The van der Waals surface area contributed by atoms with Crippen molar-refractivity contribution >= 4 is 5.96 Å². The second-order valence-electron chi connectivity index (χ2n) is 6.98. The number of nitrogens with zero attached hydrogens (tertiary/aromatic N) is 2. The summed E-state index contributed by atoms with van der Waals surface area (Å²) in [7, 11) is 1.82. The van der Waals surface area contributed by atoms with Crippen LogP contribution in [0.15, 0.2) is 29.3 Å². The van der Waals surface area contributed by atoms with E-state index in [4.69, 9.17) is 4.74 Å². The molecular formula is C20H34N4O. The Morgan fingerprint density at radius 1 is 1.40 bits per heavy atom. The Labute approximate surface area is 152 Å². The first kappa shape index (κ1) is 19.6. The number of nitrogens with one attached hydrogen (secondary N) is 2. The van der Waals surface area contributed by atoms with Gasteiger partial charge in [0.2, 0.25) is 0 Å². The lowest BCUT2D eigenvalue weighted by molar-refractivity contribution is 0.183. The number of benzene rings is 1. The molecule has 1 aliphatic rings. The predicted molar refractivity (Wildman–Crippen MR) is 105 cm³/mol. The molecule has 0 spiro atoms. The molecule has 2 atom stereocenters. The molecule has 0 amide bonds. The molecule has 1 saturated heterocycles. The van der Waals surface area contributed by atoms with Gasteiger partial charge in [-0.05, 0) is 63.4 Å². The van der Waals surface area contributed by atoms with Crippen LogP contribution in [0.2, 0.25) is 0 Å². The van der Waals surface area contributed by atoms with Gasteiger partial charge in [0.15, 0.2) is 5.96 Å². The maximum atomic E-state index is 5.96. The number of rotatable bonds is 7.